The zero-order valence-electron chi connectivity index (χ0n) is 20.2. The van der Waals surface area contributed by atoms with Gasteiger partial charge in [0, 0.05) is 32.6 Å². The number of ether oxygens (including phenoxy) is 1. The number of halogens is 2. The Morgan fingerprint density at radius 1 is 0.868 bits per heavy atom. The van der Waals surface area contributed by atoms with Crippen molar-refractivity contribution in [1.29, 1.82) is 0 Å². The van der Waals surface area contributed by atoms with Gasteiger partial charge in [-0.3, -0.25) is 4.79 Å². The van der Waals surface area contributed by atoms with Crippen molar-refractivity contribution in [1.82, 2.24) is 10.4 Å². The van der Waals surface area contributed by atoms with Crippen molar-refractivity contribution >= 4 is 52.2 Å². The molecule has 0 saturated carbocycles. The predicted molar refractivity (Wildman–Crippen MR) is 151 cm³/mol. The van der Waals surface area contributed by atoms with Crippen molar-refractivity contribution < 1.29 is 14.3 Å². The highest BCUT2D eigenvalue weighted by molar-refractivity contribution is 6.34. The minimum absolute atomic E-state index is 0.246. The summed E-state index contributed by atoms with van der Waals surface area (Å²) in [5, 5.41) is 5.83. The number of hydrogen-bond acceptors (Lipinski definition) is 4. The molecule has 0 aliphatic rings. The Kier molecular flexibility index (Phi) is 7.26. The van der Waals surface area contributed by atoms with Crippen LogP contribution in [0.15, 0.2) is 96.1 Å². The number of nitrogens with one attached hydrogen (secondary N) is 2. The normalized spacial score (nSPS) is 11.1. The summed E-state index contributed by atoms with van der Waals surface area (Å²) in [6, 6.07) is 26.7. The SMILES string of the molecule is Cc1cccc2c(-c3ccccc3Cl)c(C(=O)NN=Cc3ccccc3OC(=O)c3ccccc3Cl)[nH]c12. The summed E-state index contributed by atoms with van der Waals surface area (Å²) in [5.74, 6) is -0.774. The summed E-state index contributed by atoms with van der Waals surface area (Å²) in [6.07, 6.45) is 1.41. The van der Waals surface area contributed by atoms with Crippen molar-refractivity contribution in [2.45, 2.75) is 6.92 Å². The van der Waals surface area contributed by atoms with Crippen molar-refractivity contribution in [2.75, 3.05) is 0 Å². The van der Waals surface area contributed by atoms with Crippen LogP contribution in [0.1, 0.15) is 32.0 Å². The smallest absolute Gasteiger partial charge is 0.345 e. The first kappa shape index (κ1) is 25.3. The molecule has 1 aromatic heterocycles. The van der Waals surface area contributed by atoms with Crippen LogP contribution < -0.4 is 10.2 Å². The fraction of sp³-hybridized carbons (Fsp3) is 0.0333. The summed E-state index contributed by atoms with van der Waals surface area (Å²) in [6.45, 7) is 1.97. The van der Waals surface area contributed by atoms with Gasteiger partial charge in [0.1, 0.15) is 11.4 Å². The number of rotatable bonds is 6. The topological polar surface area (TPSA) is 83.5 Å². The predicted octanol–water partition coefficient (Wildman–Crippen LogP) is 7.43. The van der Waals surface area contributed by atoms with Gasteiger partial charge in [-0.05, 0) is 42.8 Å². The second-order valence-electron chi connectivity index (χ2n) is 8.46. The van der Waals surface area contributed by atoms with E-state index in [2.05, 4.69) is 15.5 Å². The largest absolute Gasteiger partial charge is 0.422 e. The molecule has 5 aromatic rings. The monoisotopic (exact) mass is 541 g/mol. The highest BCUT2D eigenvalue weighted by Crippen LogP contribution is 2.37. The molecule has 0 unspecified atom stereocenters. The van der Waals surface area contributed by atoms with Crippen LogP contribution in [0.3, 0.4) is 0 Å². The molecule has 1 amide bonds. The van der Waals surface area contributed by atoms with Crippen LogP contribution >= 0.6 is 23.2 Å². The van der Waals surface area contributed by atoms with E-state index in [0.717, 1.165) is 22.0 Å². The van der Waals surface area contributed by atoms with Crippen LogP contribution in [-0.2, 0) is 0 Å². The fourth-order valence-electron chi connectivity index (χ4n) is 4.16. The number of fused-ring (bicyclic) bond motifs is 1. The molecule has 8 heteroatoms. The maximum Gasteiger partial charge on any atom is 0.345 e. The maximum absolute atomic E-state index is 13.3. The van der Waals surface area contributed by atoms with Crippen molar-refractivity contribution in [2.24, 2.45) is 5.10 Å². The van der Waals surface area contributed by atoms with Gasteiger partial charge in [-0.1, -0.05) is 83.9 Å². The van der Waals surface area contributed by atoms with Gasteiger partial charge in [0.05, 0.1) is 16.8 Å². The van der Waals surface area contributed by atoms with Crippen LogP contribution in [-0.4, -0.2) is 23.1 Å². The van der Waals surface area contributed by atoms with Crippen LogP contribution in [0, 0.1) is 6.92 Å². The second-order valence-corrected chi connectivity index (χ2v) is 9.27. The molecule has 1 heterocycles. The molecule has 0 aliphatic heterocycles. The lowest BCUT2D eigenvalue weighted by atomic mass is 10.0. The number of esters is 1. The van der Waals surface area contributed by atoms with Crippen LogP contribution in [0.25, 0.3) is 22.0 Å². The summed E-state index contributed by atoms with van der Waals surface area (Å²) in [7, 11) is 0. The molecule has 2 N–H and O–H groups in total. The van der Waals surface area contributed by atoms with Crippen molar-refractivity contribution in [3.8, 4) is 16.9 Å². The molecule has 4 aromatic carbocycles. The lowest BCUT2D eigenvalue weighted by Crippen LogP contribution is -2.19. The van der Waals surface area contributed by atoms with Gasteiger partial charge in [0.25, 0.3) is 5.91 Å². The van der Waals surface area contributed by atoms with E-state index in [-0.39, 0.29) is 11.3 Å². The van der Waals surface area contributed by atoms with Crippen LogP contribution in [0.2, 0.25) is 10.0 Å². The molecule has 0 bridgehead atoms. The number of nitrogens with zero attached hydrogens (tertiary/aromatic N) is 1. The van der Waals surface area contributed by atoms with E-state index in [9.17, 15) is 9.59 Å². The Morgan fingerprint density at radius 2 is 1.58 bits per heavy atom. The van der Waals surface area contributed by atoms with E-state index in [1.165, 1.54) is 6.21 Å². The Bertz CT molecular complexity index is 1710. The lowest BCUT2D eigenvalue weighted by molar-refractivity contribution is 0.0734. The van der Waals surface area contributed by atoms with Crippen molar-refractivity contribution in [3.05, 3.63) is 123 Å². The number of amides is 1. The summed E-state index contributed by atoms with van der Waals surface area (Å²) < 4.78 is 5.55. The molecule has 5 rings (SSSR count). The molecule has 0 radical (unpaired) electrons. The van der Waals surface area contributed by atoms with E-state index in [4.69, 9.17) is 27.9 Å². The number of aryl methyl sites for hydroxylation is 1. The number of benzene rings is 4. The van der Waals surface area contributed by atoms with Gasteiger partial charge in [0.2, 0.25) is 0 Å². The quantitative estimate of drug-likeness (QED) is 0.101. The molecule has 38 heavy (non-hydrogen) atoms. The number of para-hydroxylation sites is 2. The Hall–Kier alpha value is -4.39. The molecule has 6 nitrogen and oxygen atoms in total. The number of carbonyl (C=O) groups excluding carboxylic acids is 2. The molecule has 0 atom stereocenters. The number of aromatic amines is 1. The summed E-state index contributed by atoms with van der Waals surface area (Å²) >= 11 is 12.6. The van der Waals surface area contributed by atoms with Gasteiger partial charge in [-0.25, -0.2) is 10.2 Å². The molecular formula is C30H21Cl2N3O3. The average Bonchev–Trinajstić information content (AvgIpc) is 3.31. The highest BCUT2D eigenvalue weighted by atomic mass is 35.5. The second kappa shape index (κ2) is 10.9. The Morgan fingerprint density at radius 3 is 2.37 bits per heavy atom. The van der Waals surface area contributed by atoms with Gasteiger partial charge >= 0.3 is 5.97 Å². The van der Waals surface area contributed by atoms with Gasteiger partial charge < -0.3 is 9.72 Å². The third-order valence-electron chi connectivity index (χ3n) is 6.00. The molecule has 0 aliphatic carbocycles. The lowest BCUT2D eigenvalue weighted by Gasteiger charge is -2.08. The summed E-state index contributed by atoms with van der Waals surface area (Å²) in [4.78, 5) is 29.2. The first-order valence-electron chi connectivity index (χ1n) is 11.7. The molecule has 0 spiro atoms. The molecule has 188 valence electrons. The first-order valence-corrected chi connectivity index (χ1v) is 12.4. The third-order valence-corrected chi connectivity index (χ3v) is 6.66. The number of aromatic nitrogens is 1. The summed E-state index contributed by atoms with van der Waals surface area (Å²) in [5.41, 5.74) is 6.90. The highest BCUT2D eigenvalue weighted by Gasteiger charge is 2.21. The zero-order chi connectivity index (χ0) is 26.6. The maximum atomic E-state index is 13.3. The Labute approximate surface area is 228 Å². The third kappa shape index (κ3) is 5.05. The Balaban J connectivity index is 1.42. The zero-order valence-corrected chi connectivity index (χ0v) is 21.7. The number of hydrogen-bond donors (Lipinski definition) is 2. The van der Waals surface area contributed by atoms with Crippen LogP contribution in [0.5, 0.6) is 5.75 Å². The van der Waals surface area contributed by atoms with E-state index < -0.39 is 11.9 Å². The van der Waals surface area contributed by atoms with Crippen LogP contribution in [0.4, 0.5) is 0 Å². The standard InChI is InChI=1S/C30H21Cl2N3O3/c1-18-9-8-13-22-26(20-11-3-5-14-23(20)31)28(34-27(18)22)29(36)35-33-17-19-10-2-7-16-25(19)38-30(37)21-12-4-6-15-24(21)32/h2-17,34H,1H3,(H,35,36). The fourth-order valence-corrected chi connectivity index (χ4v) is 4.60. The molecule has 0 saturated heterocycles. The molecular weight excluding hydrogens is 521 g/mol. The average molecular weight is 542 g/mol. The number of hydrazone groups is 1. The van der Waals surface area contributed by atoms with E-state index in [0.29, 0.717) is 26.9 Å². The van der Waals surface area contributed by atoms with E-state index in [1.54, 1.807) is 54.6 Å². The minimum Gasteiger partial charge on any atom is -0.422 e. The molecule has 0 fully saturated rings. The van der Waals surface area contributed by atoms with Gasteiger partial charge in [0.15, 0.2) is 0 Å². The van der Waals surface area contributed by atoms with Gasteiger partial charge in [-0.15, -0.1) is 0 Å². The van der Waals surface area contributed by atoms with E-state index >= 15 is 0 Å². The number of H-pyrrole nitrogens is 1. The first-order chi connectivity index (χ1) is 18.4. The van der Waals surface area contributed by atoms with E-state index in [1.807, 2.05) is 43.3 Å². The van der Waals surface area contributed by atoms with Crippen molar-refractivity contribution in [3.63, 3.8) is 0 Å². The van der Waals surface area contributed by atoms with Gasteiger partial charge in [-0.2, -0.15) is 5.10 Å². The number of carbonyl (C=O) groups is 2. The minimum atomic E-state index is -0.599.